The molecule has 0 fully saturated rings. The molecule has 1 aromatic carbocycles. The predicted molar refractivity (Wildman–Crippen MR) is 72.3 cm³/mol. The maximum Gasteiger partial charge on any atom is 0.330 e. The minimum atomic E-state index is -4.22. The first kappa shape index (κ1) is 18.3. The Labute approximate surface area is 127 Å². The highest BCUT2D eigenvalue weighted by molar-refractivity contribution is 9.10. The first-order valence-corrected chi connectivity index (χ1v) is 6.99. The average Bonchev–Trinajstić information content (AvgIpc) is 2.40. The van der Waals surface area contributed by atoms with Gasteiger partial charge in [0.1, 0.15) is 12.4 Å². The van der Waals surface area contributed by atoms with Gasteiger partial charge in [-0.3, -0.25) is 0 Å². The zero-order valence-electron chi connectivity index (χ0n) is 11.2. The summed E-state index contributed by atoms with van der Waals surface area (Å²) in [6, 6.07) is 3.49. The second-order valence-electron chi connectivity index (χ2n) is 4.35. The van der Waals surface area contributed by atoms with Crippen LogP contribution in [0.3, 0.4) is 0 Å². The van der Waals surface area contributed by atoms with E-state index in [1.54, 1.807) is 6.92 Å². The largest absolute Gasteiger partial charge is 0.373 e. The molecule has 0 aliphatic rings. The maximum absolute atomic E-state index is 13.7. The van der Waals surface area contributed by atoms with Crippen molar-refractivity contribution in [2.45, 2.75) is 25.3 Å². The highest BCUT2D eigenvalue weighted by atomic mass is 79.9. The van der Waals surface area contributed by atoms with Crippen molar-refractivity contribution in [2.75, 3.05) is 19.8 Å². The van der Waals surface area contributed by atoms with E-state index in [0.29, 0.717) is 11.0 Å². The summed E-state index contributed by atoms with van der Waals surface area (Å²) in [5.74, 6) is -4.75. The highest BCUT2D eigenvalue weighted by Gasteiger charge is 2.41. The van der Waals surface area contributed by atoms with E-state index in [4.69, 9.17) is 0 Å². The van der Waals surface area contributed by atoms with E-state index in [-0.39, 0.29) is 12.2 Å². The summed E-state index contributed by atoms with van der Waals surface area (Å²) in [5, 5.41) is 2.86. The van der Waals surface area contributed by atoms with Gasteiger partial charge in [-0.15, -0.1) is 0 Å². The van der Waals surface area contributed by atoms with Crippen LogP contribution in [0.15, 0.2) is 22.7 Å². The first-order valence-electron chi connectivity index (χ1n) is 6.20. The van der Waals surface area contributed by atoms with E-state index in [0.717, 1.165) is 0 Å². The number of nitrogens with one attached hydrogen (secondary N) is 1. The third kappa shape index (κ3) is 5.52. The van der Waals surface area contributed by atoms with Crippen molar-refractivity contribution in [3.8, 4) is 0 Å². The Bertz CT molecular complexity index is 458. The van der Waals surface area contributed by atoms with Crippen LogP contribution in [0, 0.1) is 5.82 Å². The predicted octanol–water partition coefficient (Wildman–Crippen LogP) is 4.16. The van der Waals surface area contributed by atoms with Crippen molar-refractivity contribution < 1.29 is 26.7 Å². The lowest BCUT2D eigenvalue weighted by Crippen LogP contribution is -2.34. The fourth-order valence-electron chi connectivity index (χ4n) is 1.66. The van der Waals surface area contributed by atoms with E-state index in [1.165, 1.54) is 18.2 Å². The van der Waals surface area contributed by atoms with Gasteiger partial charge in [-0.25, -0.2) is 13.2 Å². The molecule has 0 aliphatic carbocycles. The van der Waals surface area contributed by atoms with Crippen LogP contribution in [-0.4, -0.2) is 32.1 Å². The topological polar surface area (TPSA) is 21.3 Å². The fourth-order valence-corrected chi connectivity index (χ4v) is 2.04. The van der Waals surface area contributed by atoms with Crippen molar-refractivity contribution in [3.63, 3.8) is 0 Å². The monoisotopic (exact) mass is 375 g/mol. The molecule has 21 heavy (non-hydrogen) atoms. The Morgan fingerprint density at radius 3 is 2.57 bits per heavy atom. The van der Waals surface area contributed by atoms with Crippen molar-refractivity contribution in [1.82, 2.24) is 5.32 Å². The van der Waals surface area contributed by atoms with Crippen molar-refractivity contribution in [1.29, 1.82) is 0 Å². The van der Waals surface area contributed by atoms with E-state index in [1.807, 2.05) is 0 Å². The number of alkyl halides is 4. The van der Waals surface area contributed by atoms with Gasteiger partial charge in [-0.2, -0.15) is 8.78 Å². The molecule has 1 rings (SSSR count). The Balaban J connectivity index is 2.72. The second-order valence-corrected chi connectivity index (χ2v) is 5.27. The van der Waals surface area contributed by atoms with Gasteiger partial charge < -0.3 is 10.1 Å². The number of rotatable bonds is 8. The van der Waals surface area contributed by atoms with Gasteiger partial charge in [0, 0.05) is 10.0 Å². The Kier molecular flexibility index (Phi) is 7.02. The molecule has 1 N–H and O–H groups in total. The van der Waals surface area contributed by atoms with Gasteiger partial charge in [-0.1, -0.05) is 22.9 Å². The van der Waals surface area contributed by atoms with Gasteiger partial charge in [0.05, 0.1) is 12.6 Å². The molecule has 0 saturated carbocycles. The van der Waals surface area contributed by atoms with Crippen LogP contribution >= 0.6 is 15.9 Å². The van der Waals surface area contributed by atoms with Crippen LogP contribution < -0.4 is 5.32 Å². The smallest absolute Gasteiger partial charge is 0.330 e. The SMILES string of the molecule is CCNC(COCC(F)(F)C(F)F)c1cc(Br)ccc1F. The van der Waals surface area contributed by atoms with E-state index in [2.05, 4.69) is 26.0 Å². The summed E-state index contributed by atoms with van der Waals surface area (Å²) in [6.07, 6.45) is -3.79. The molecule has 2 nitrogen and oxygen atoms in total. The molecule has 0 bridgehead atoms. The molecular formula is C13H15BrF5NO. The molecular weight excluding hydrogens is 361 g/mol. The van der Waals surface area contributed by atoms with E-state index >= 15 is 0 Å². The molecule has 1 atom stereocenters. The van der Waals surface area contributed by atoms with Gasteiger partial charge in [0.2, 0.25) is 0 Å². The Morgan fingerprint density at radius 2 is 2.00 bits per heavy atom. The number of halogens is 6. The number of ether oxygens (including phenoxy) is 1. The van der Waals surface area contributed by atoms with Crippen LogP contribution in [0.5, 0.6) is 0 Å². The second kappa shape index (κ2) is 8.05. The summed E-state index contributed by atoms with van der Waals surface area (Å²) in [6.45, 7) is 0.424. The number of hydrogen-bond donors (Lipinski definition) is 1. The summed E-state index contributed by atoms with van der Waals surface area (Å²) in [7, 11) is 0. The van der Waals surface area contributed by atoms with E-state index < -0.39 is 30.8 Å². The lowest BCUT2D eigenvalue weighted by Gasteiger charge is -2.21. The third-order valence-corrected chi connectivity index (χ3v) is 3.18. The Hall–Kier alpha value is -0.730. The molecule has 1 unspecified atom stereocenters. The molecule has 0 aliphatic heterocycles. The number of likely N-dealkylation sites (N-methyl/N-ethyl adjacent to an activating group) is 1. The standard InChI is InChI=1S/C13H15BrF5NO/c1-2-20-11(6-21-7-13(18,19)12(16)17)9-5-8(14)3-4-10(9)15/h3-5,11-12,20H,2,6-7H2,1H3. The van der Waals surface area contributed by atoms with Crippen LogP contribution in [0.4, 0.5) is 22.0 Å². The fraction of sp³-hybridized carbons (Fsp3) is 0.538. The molecule has 0 heterocycles. The van der Waals surface area contributed by atoms with E-state index in [9.17, 15) is 22.0 Å². The zero-order chi connectivity index (χ0) is 16.0. The molecule has 0 saturated heterocycles. The highest BCUT2D eigenvalue weighted by Crippen LogP contribution is 2.25. The Morgan fingerprint density at radius 1 is 1.33 bits per heavy atom. The van der Waals surface area contributed by atoms with Crippen molar-refractivity contribution >= 4 is 15.9 Å². The summed E-state index contributed by atoms with van der Waals surface area (Å²) >= 11 is 3.18. The van der Waals surface area contributed by atoms with Crippen LogP contribution in [0.2, 0.25) is 0 Å². The number of benzene rings is 1. The third-order valence-electron chi connectivity index (χ3n) is 2.68. The lowest BCUT2D eigenvalue weighted by molar-refractivity contribution is -0.167. The molecule has 0 aromatic heterocycles. The maximum atomic E-state index is 13.7. The minimum absolute atomic E-state index is 0.214. The van der Waals surface area contributed by atoms with Crippen LogP contribution in [0.1, 0.15) is 18.5 Å². The molecule has 1 aromatic rings. The van der Waals surface area contributed by atoms with Gasteiger partial charge >= 0.3 is 12.3 Å². The van der Waals surface area contributed by atoms with Gasteiger partial charge in [0.25, 0.3) is 0 Å². The summed E-state index contributed by atoms with van der Waals surface area (Å²) in [5.41, 5.74) is 0.214. The first-order chi connectivity index (χ1) is 9.77. The van der Waals surface area contributed by atoms with Crippen LogP contribution in [-0.2, 0) is 4.74 Å². The molecule has 0 spiro atoms. The molecule has 120 valence electrons. The van der Waals surface area contributed by atoms with Crippen LogP contribution in [0.25, 0.3) is 0 Å². The number of hydrogen-bond acceptors (Lipinski definition) is 2. The van der Waals surface area contributed by atoms with Crippen molar-refractivity contribution in [2.24, 2.45) is 0 Å². The summed E-state index contributed by atoms with van der Waals surface area (Å²) < 4.78 is 68.5. The normalized spacial score (nSPS) is 13.7. The van der Waals surface area contributed by atoms with Gasteiger partial charge in [0.15, 0.2) is 0 Å². The molecule has 0 amide bonds. The zero-order valence-corrected chi connectivity index (χ0v) is 12.8. The summed E-state index contributed by atoms with van der Waals surface area (Å²) in [4.78, 5) is 0. The van der Waals surface area contributed by atoms with Crippen molar-refractivity contribution in [3.05, 3.63) is 34.1 Å². The molecule has 0 radical (unpaired) electrons. The lowest BCUT2D eigenvalue weighted by atomic mass is 10.1. The minimum Gasteiger partial charge on any atom is -0.373 e. The quantitative estimate of drug-likeness (QED) is 0.689. The molecule has 8 heteroatoms. The average molecular weight is 376 g/mol. The van der Waals surface area contributed by atoms with Gasteiger partial charge in [-0.05, 0) is 24.7 Å².